The number of carboxylic acid groups (broad SMARTS) is 1. The number of ketones is 2. The van der Waals surface area contributed by atoms with Gasteiger partial charge in [-0.25, -0.2) is 4.79 Å². The van der Waals surface area contributed by atoms with Crippen LogP contribution in [0.25, 0.3) is 0 Å². The Morgan fingerprint density at radius 3 is 2.44 bits per heavy atom. The molecule has 0 aromatic carbocycles. The fraction of sp³-hybridized carbons (Fsp3) is 0. The molecule has 0 unspecified atom stereocenters. The van der Waals surface area contributed by atoms with Crippen molar-refractivity contribution in [3.8, 4) is 0 Å². The first-order chi connectivity index (χ1) is 7.08. The van der Waals surface area contributed by atoms with Crippen LogP contribution in [0.5, 0.6) is 0 Å². The smallest absolute Gasteiger partial charge is 1.00 e. The first kappa shape index (κ1) is 12.8. The average molecular weight is 226 g/mol. The Morgan fingerprint density at radius 1 is 1.12 bits per heavy atom. The minimum Gasteiger partial charge on any atom is -1.00 e. The predicted molar refractivity (Wildman–Crippen MR) is 52.2 cm³/mol. The van der Waals surface area contributed by atoms with Crippen LogP contribution in [0.1, 0.15) is 1.43 Å². The van der Waals surface area contributed by atoms with Gasteiger partial charge in [0, 0.05) is 11.6 Å². The summed E-state index contributed by atoms with van der Waals surface area (Å²) < 4.78 is 0. The maximum atomic E-state index is 11.5. The molecule has 0 saturated carbocycles. The van der Waals surface area contributed by atoms with Gasteiger partial charge < -0.3 is 6.53 Å². The van der Waals surface area contributed by atoms with E-state index in [1.165, 1.54) is 24.3 Å². The van der Waals surface area contributed by atoms with Crippen molar-refractivity contribution >= 4 is 17.5 Å². The van der Waals surface area contributed by atoms with Crippen molar-refractivity contribution in [2.45, 2.75) is 0 Å². The number of carbonyl (C=O) groups excluding carboxylic acids is 2. The molecule has 2 aliphatic carbocycles. The van der Waals surface area contributed by atoms with Crippen molar-refractivity contribution in [2.75, 3.05) is 0 Å². The molecule has 0 aromatic rings. The van der Waals surface area contributed by atoms with Crippen LogP contribution in [0.4, 0.5) is 0 Å². The molecular formula is C11H7NaO4. The monoisotopic (exact) mass is 226 g/mol. The van der Waals surface area contributed by atoms with Crippen LogP contribution in [0.3, 0.4) is 0 Å². The van der Waals surface area contributed by atoms with E-state index in [1.54, 1.807) is 0 Å². The molecule has 0 heterocycles. The molecule has 0 atom stereocenters. The van der Waals surface area contributed by atoms with Crippen molar-refractivity contribution in [2.24, 2.45) is 0 Å². The largest absolute Gasteiger partial charge is 1.00 e. The number of fused-ring (bicyclic) bond motifs is 1. The van der Waals surface area contributed by atoms with Gasteiger partial charge in [-0.1, -0.05) is 6.08 Å². The molecule has 16 heavy (non-hydrogen) atoms. The van der Waals surface area contributed by atoms with Gasteiger partial charge in [0.1, 0.15) is 0 Å². The third kappa shape index (κ3) is 2.29. The molecular weight excluding hydrogens is 219 g/mol. The van der Waals surface area contributed by atoms with Crippen molar-refractivity contribution in [1.29, 1.82) is 0 Å². The minimum atomic E-state index is -1.15. The zero-order valence-electron chi connectivity index (χ0n) is 9.56. The summed E-state index contributed by atoms with van der Waals surface area (Å²) in [6.45, 7) is 0. The molecule has 0 fully saturated rings. The van der Waals surface area contributed by atoms with Crippen LogP contribution in [0, 0.1) is 0 Å². The normalized spacial score (nSPS) is 17.9. The van der Waals surface area contributed by atoms with E-state index < -0.39 is 11.8 Å². The summed E-state index contributed by atoms with van der Waals surface area (Å²) in [5.74, 6) is -1.86. The Hall–Kier alpha value is -1.23. The third-order valence-corrected chi connectivity index (χ3v) is 2.13. The first-order valence-corrected chi connectivity index (χ1v) is 4.23. The summed E-state index contributed by atoms with van der Waals surface area (Å²) in [5.41, 5.74) is 0.665. The molecule has 0 aliphatic heterocycles. The van der Waals surface area contributed by atoms with E-state index in [4.69, 9.17) is 5.11 Å². The number of carbonyl (C=O) groups is 3. The second-order valence-corrected chi connectivity index (χ2v) is 3.16. The van der Waals surface area contributed by atoms with Crippen LogP contribution in [0.15, 0.2) is 47.1 Å². The molecule has 2 aliphatic rings. The summed E-state index contributed by atoms with van der Waals surface area (Å²) in [5, 5.41) is 8.72. The maximum Gasteiger partial charge on any atom is 1.00 e. The van der Waals surface area contributed by atoms with Crippen molar-refractivity contribution in [3.63, 3.8) is 0 Å². The van der Waals surface area contributed by atoms with E-state index in [2.05, 4.69) is 0 Å². The Morgan fingerprint density at radius 2 is 1.81 bits per heavy atom. The van der Waals surface area contributed by atoms with Gasteiger partial charge in [-0.05, 0) is 23.8 Å². The van der Waals surface area contributed by atoms with Crippen LogP contribution >= 0.6 is 0 Å². The second-order valence-electron chi connectivity index (χ2n) is 3.16. The van der Waals surface area contributed by atoms with E-state index in [-0.39, 0.29) is 47.9 Å². The average Bonchev–Trinajstić information content (AvgIpc) is 2.18. The number of allylic oxidation sites excluding steroid dienone is 6. The third-order valence-electron chi connectivity index (χ3n) is 2.13. The van der Waals surface area contributed by atoms with Gasteiger partial charge in [0.25, 0.3) is 0 Å². The molecule has 4 nitrogen and oxygen atoms in total. The maximum absolute atomic E-state index is 11.5. The fourth-order valence-electron chi connectivity index (χ4n) is 1.43. The Kier molecular flexibility index (Phi) is 3.80. The number of carboxylic acids is 1. The molecule has 0 aromatic heterocycles. The van der Waals surface area contributed by atoms with Crippen LogP contribution < -0.4 is 29.6 Å². The zero-order chi connectivity index (χ0) is 11.0. The summed E-state index contributed by atoms with van der Waals surface area (Å²) in [6, 6.07) is 0. The SMILES string of the molecule is O=C1C=CC2=CC(C(=O)O)=CC(=O)C2=C1.[H-].[Na+]. The van der Waals surface area contributed by atoms with E-state index in [1.807, 2.05) is 0 Å². The summed E-state index contributed by atoms with van der Waals surface area (Å²) in [7, 11) is 0. The summed E-state index contributed by atoms with van der Waals surface area (Å²) in [4.78, 5) is 33.1. The quantitative estimate of drug-likeness (QED) is 0.510. The number of hydrogen-bond acceptors (Lipinski definition) is 3. The van der Waals surface area contributed by atoms with Crippen molar-refractivity contribution < 1.29 is 50.5 Å². The topological polar surface area (TPSA) is 71.4 Å². The van der Waals surface area contributed by atoms with Gasteiger partial charge in [-0.2, -0.15) is 0 Å². The molecule has 0 amide bonds. The molecule has 2 rings (SSSR count). The standard InChI is InChI=1S/C11H6O4.Na.H/c12-8-2-1-6-3-7(11(14)15)4-10(13)9(6)5-8;;/h1-5H,(H,14,15);;/q;+1;-1. The van der Waals surface area contributed by atoms with Crippen LogP contribution in [0.2, 0.25) is 0 Å². The first-order valence-electron chi connectivity index (χ1n) is 4.23. The Balaban J connectivity index is 0.00000128. The molecule has 0 radical (unpaired) electrons. The van der Waals surface area contributed by atoms with Gasteiger partial charge in [-0.15, -0.1) is 0 Å². The molecule has 0 saturated heterocycles. The fourth-order valence-corrected chi connectivity index (χ4v) is 1.43. The van der Waals surface area contributed by atoms with Crippen LogP contribution in [-0.4, -0.2) is 22.6 Å². The van der Waals surface area contributed by atoms with E-state index >= 15 is 0 Å². The Labute approximate surface area is 115 Å². The van der Waals surface area contributed by atoms with Gasteiger partial charge in [-0.3, -0.25) is 9.59 Å². The van der Waals surface area contributed by atoms with E-state index in [9.17, 15) is 14.4 Å². The van der Waals surface area contributed by atoms with Gasteiger partial charge >= 0.3 is 35.5 Å². The number of hydrogen-bond donors (Lipinski definition) is 1. The van der Waals surface area contributed by atoms with Gasteiger partial charge in [0.15, 0.2) is 11.6 Å². The minimum absolute atomic E-state index is 0. The van der Waals surface area contributed by atoms with Crippen LogP contribution in [-0.2, 0) is 14.4 Å². The second kappa shape index (κ2) is 4.74. The molecule has 1 N–H and O–H groups in total. The number of aliphatic carboxylic acids is 1. The summed E-state index contributed by atoms with van der Waals surface area (Å²) >= 11 is 0. The molecule has 0 spiro atoms. The zero-order valence-corrected chi connectivity index (χ0v) is 10.6. The van der Waals surface area contributed by atoms with Crippen molar-refractivity contribution in [3.05, 3.63) is 47.1 Å². The number of rotatable bonds is 1. The van der Waals surface area contributed by atoms with E-state index in [0.717, 1.165) is 6.08 Å². The van der Waals surface area contributed by atoms with Gasteiger partial charge in [0.05, 0.1) is 5.57 Å². The molecule has 0 bridgehead atoms. The molecule has 5 heteroatoms. The van der Waals surface area contributed by atoms with E-state index in [0.29, 0.717) is 5.57 Å². The predicted octanol–water partition coefficient (Wildman–Crippen LogP) is -2.31. The summed E-state index contributed by atoms with van der Waals surface area (Å²) in [6.07, 6.45) is 6.35. The van der Waals surface area contributed by atoms with Crippen molar-refractivity contribution in [1.82, 2.24) is 0 Å². The Bertz CT molecular complexity index is 512. The van der Waals surface area contributed by atoms with Gasteiger partial charge in [0.2, 0.25) is 0 Å². The molecule has 76 valence electrons.